The molecule has 174 valence electrons. The number of nitrogens with zero attached hydrogens (tertiary/aromatic N) is 3. The molecule has 0 radical (unpaired) electrons. The lowest BCUT2D eigenvalue weighted by Gasteiger charge is -2.38. The van der Waals surface area contributed by atoms with Crippen LogP contribution in [0.15, 0.2) is 18.2 Å². The van der Waals surface area contributed by atoms with Crippen LogP contribution in [0.25, 0.3) is 0 Å². The fraction of sp³-hybridized carbons (Fsp3) is 0.692. The molecule has 6 nitrogen and oxygen atoms in total. The summed E-state index contributed by atoms with van der Waals surface area (Å²) in [5.41, 5.74) is 3.13. The second-order valence-electron chi connectivity index (χ2n) is 10.5. The molecule has 3 saturated heterocycles. The van der Waals surface area contributed by atoms with E-state index in [9.17, 15) is 14.7 Å². The smallest absolute Gasteiger partial charge is 0.306 e. The molecule has 32 heavy (non-hydrogen) atoms. The van der Waals surface area contributed by atoms with Gasteiger partial charge in [-0.15, -0.1) is 0 Å². The summed E-state index contributed by atoms with van der Waals surface area (Å²) in [6.07, 6.45) is 8.72. The molecule has 4 fully saturated rings. The maximum absolute atomic E-state index is 13.4. The fourth-order valence-electron chi connectivity index (χ4n) is 6.67. The number of carbonyl (C=O) groups is 2. The van der Waals surface area contributed by atoms with E-state index in [1.54, 1.807) is 0 Å². The van der Waals surface area contributed by atoms with Gasteiger partial charge >= 0.3 is 5.97 Å². The molecule has 1 aromatic rings. The fourth-order valence-corrected chi connectivity index (χ4v) is 6.67. The molecule has 0 atom stereocenters. The van der Waals surface area contributed by atoms with E-state index in [0.717, 1.165) is 43.3 Å². The van der Waals surface area contributed by atoms with Crippen LogP contribution in [0.4, 0.5) is 11.4 Å². The molecule has 0 unspecified atom stereocenters. The molecule has 1 spiro atoms. The van der Waals surface area contributed by atoms with E-state index in [1.807, 2.05) is 4.90 Å². The van der Waals surface area contributed by atoms with Gasteiger partial charge in [0.15, 0.2) is 0 Å². The second kappa shape index (κ2) is 8.69. The molecule has 0 bridgehead atoms. The molecular weight excluding hydrogens is 402 g/mol. The standard InChI is InChI=1S/C26H37N3O3/c1-19-18-22(28-15-8-21(9-16-28)27-13-2-3-14-27)4-5-23(19)29-17-12-26(25(29)32)10-6-20(7-11-26)24(30)31/h4-5,18,20-21H,2-3,6-17H2,1H3,(H,30,31). The van der Waals surface area contributed by atoms with Gasteiger partial charge in [-0.05, 0) is 102 Å². The Morgan fingerprint density at radius 1 is 0.969 bits per heavy atom. The van der Waals surface area contributed by atoms with Crippen molar-refractivity contribution in [1.29, 1.82) is 0 Å². The molecule has 6 heteroatoms. The van der Waals surface area contributed by atoms with E-state index in [4.69, 9.17) is 0 Å². The van der Waals surface area contributed by atoms with Gasteiger partial charge in [0, 0.05) is 37.1 Å². The second-order valence-corrected chi connectivity index (χ2v) is 10.5. The number of carboxylic acids is 1. The number of hydrogen-bond acceptors (Lipinski definition) is 4. The molecule has 1 aromatic carbocycles. The highest BCUT2D eigenvalue weighted by atomic mass is 16.4. The Morgan fingerprint density at radius 2 is 1.66 bits per heavy atom. The van der Waals surface area contributed by atoms with Crippen LogP contribution in [-0.2, 0) is 9.59 Å². The molecule has 3 aliphatic heterocycles. The highest BCUT2D eigenvalue weighted by Gasteiger charge is 2.49. The summed E-state index contributed by atoms with van der Waals surface area (Å²) >= 11 is 0. The predicted molar refractivity (Wildman–Crippen MR) is 126 cm³/mol. The van der Waals surface area contributed by atoms with Gasteiger partial charge in [-0.3, -0.25) is 9.59 Å². The van der Waals surface area contributed by atoms with E-state index in [0.29, 0.717) is 25.7 Å². The van der Waals surface area contributed by atoms with Gasteiger partial charge in [-0.25, -0.2) is 0 Å². The minimum absolute atomic E-state index is 0.212. The van der Waals surface area contributed by atoms with Crippen molar-refractivity contribution in [3.8, 4) is 0 Å². The molecule has 0 aromatic heterocycles. The Hall–Kier alpha value is -2.08. The Balaban J connectivity index is 1.23. The van der Waals surface area contributed by atoms with Crippen LogP contribution in [-0.4, -0.2) is 60.6 Å². The zero-order valence-electron chi connectivity index (χ0n) is 19.4. The summed E-state index contributed by atoms with van der Waals surface area (Å²) in [5.74, 6) is -0.778. The van der Waals surface area contributed by atoms with Crippen LogP contribution in [0.5, 0.6) is 0 Å². The summed E-state index contributed by atoms with van der Waals surface area (Å²) in [6.45, 7) is 7.64. The third kappa shape index (κ3) is 3.91. The summed E-state index contributed by atoms with van der Waals surface area (Å²) in [7, 11) is 0. The SMILES string of the molecule is Cc1cc(N2CCC(N3CCCC3)CC2)ccc1N1CCC2(CCC(C(=O)O)CC2)C1=O. The van der Waals surface area contributed by atoms with Crippen molar-refractivity contribution >= 4 is 23.3 Å². The minimum Gasteiger partial charge on any atom is -0.481 e. The first-order valence-corrected chi connectivity index (χ1v) is 12.6. The average Bonchev–Trinajstić information content (AvgIpc) is 3.44. The van der Waals surface area contributed by atoms with Crippen molar-refractivity contribution in [1.82, 2.24) is 4.90 Å². The Bertz CT molecular complexity index is 863. The number of rotatable bonds is 4. The topological polar surface area (TPSA) is 64.1 Å². The quantitative estimate of drug-likeness (QED) is 0.767. The maximum atomic E-state index is 13.4. The number of benzene rings is 1. The van der Waals surface area contributed by atoms with Gasteiger partial charge in [0.25, 0.3) is 0 Å². The van der Waals surface area contributed by atoms with Crippen molar-refractivity contribution < 1.29 is 14.7 Å². The lowest BCUT2D eigenvalue weighted by Crippen LogP contribution is -2.43. The largest absolute Gasteiger partial charge is 0.481 e. The van der Waals surface area contributed by atoms with Gasteiger partial charge < -0.3 is 19.8 Å². The number of piperidine rings is 1. The molecule has 5 rings (SSSR count). The van der Waals surface area contributed by atoms with E-state index in [1.165, 1.54) is 44.5 Å². The predicted octanol–water partition coefficient (Wildman–Crippen LogP) is 4.06. The van der Waals surface area contributed by atoms with Gasteiger partial charge in [0.05, 0.1) is 11.3 Å². The first kappa shape index (κ1) is 21.7. The number of hydrogen-bond donors (Lipinski definition) is 1. The Labute approximate surface area is 191 Å². The van der Waals surface area contributed by atoms with Crippen LogP contribution in [0.2, 0.25) is 0 Å². The monoisotopic (exact) mass is 439 g/mol. The van der Waals surface area contributed by atoms with Gasteiger partial charge in [-0.2, -0.15) is 0 Å². The highest BCUT2D eigenvalue weighted by molar-refractivity contribution is 6.00. The summed E-state index contributed by atoms with van der Waals surface area (Å²) in [6, 6.07) is 7.34. The van der Waals surface area contributed by atoms with Gasteiger partial charge in [-0.1, -0.05) is 0 Å². The van der Waals surface area contributed by atoms with Crippen LogP contribution < -0.4 is 9.80 Å². The Kier molecular flexibility index (Phi) is 5.91. The zero-order valence-corrected chi connectivity index (χ0v) is 19.4. The van der Waals surface area contributed by atoms with E-state index in [-0.39, 0.29) is 17.2 Å². The van der Waals surface area contributed by atoms with Gasteiger partial charge in [0.1, 0.15) is 0 Å². The maximum Gasteiger partial charge on any atom is 0.306 e. The van der Waals surface area contributed by atoms with Gasteiger partial charge in [0.2, 0.25) is 5.91 Å². The average molecular weight is 440 g/mol. The number of carboxylic acid groups (broad SMARTS) is 1. The molecule has 3 heterocycles. The molecule has 1 aliphatic carbocycles. The van der Waals surface area contributed by atoms with E-state index >= 15 is 0 Å². The number of anilines is 2. The van der Waals surface area contributed by atoms with Crippen LogP contribution in [0, 0.1) is 18.3 Å². The normalized spacial score (nSPS) is 29.9. The lowest BCUT2D eigenvalue weighted by atomic mass is 9.69. The van der Waals surface area contributed by atoms with E-state index < -0.39 is 5.97 Å². The molecule has 1 saturated carbocycles. The molecular formula is C26H37N3O3. The van der Waals surface area contributed by atoms with Crippen LogP contribution >= 0.6 is 0 Å². The number of carbonyl (C=O) groups excluding carboxylic acids is 1. The zero-order chi connectivity index (χ0) is 22.3. The van der Waals surface area contributed by atoms with Crippen molar-refractivity contribution in [2.75, 3.05) is 42.5 Å². The van der Waals surface area contributed by atoms with E-state index in [2.05, 4.69) is 34.9 Å². The number of amides is 1. The minimum atomic E-state index is -0.710. The van der Waals surface area contributed by atoms with Crippen molar-refractivity contribution in [3.05, 3.63) is 23.8 Å². The van der Waals surface area contributed by atoms with Crippen molar-refractivity contribution in [2.24, 2.45) is 11.3 Å². The first-order valence-electron chi connectivity index (χ1n) is 12.6. The molecule has 1 N–H and O–H groups in total. The molecule has 1 amide bonds. The van der Waals surface area contributed by atoms with Crippen molar-refractivity contribution in [2.45, 2.75) is 70.8 Å². The van der Waals surface area contributed by atoms with Crippen LogP contribution in [0.3, 0.4) is 0 Å². The summed E-state index contributed by atoms with van der Waals surface area (Å²) < 4.78 is 0. The number of aliphatic carboxylic acids is 1. The first-order chi connectivity index (χ1) is 15.5. The highest BCUT2D eigenvalue weighted by Crippen LogP contribution is 2.48. The lowest BCUT2D eigenvalue weighted by molar-refractivity contribution is -0.145. The van der Waals surface area contributed by atoms with Crippen molar-refractivity contribution in [3.63, 3.8) is 0 Å². The third-order valence-corrected chi connectivity index (χ3v) is 8.76. The molecule has 4 aliphatic rings. The summed E-state index contributed by atoms with van der Waals surface area (Å²) in [5, 5.41) is 9.30. The third-order valence-electron chi connectivity index (χ3n) is 8.76. The summed E-state index contributed by atoms with van der Waals surface area (Å²) in [4.78, 5) is 31.9. The Morgan fingerprint density at radius 3 is 2.28 bits per heavy atom. The number of aryl methyl sites for hydroxylation is 1. The number of likely N-dealkylation sites (tertiary alicyclic amines) is 1. The van der Waals surface area contributed by atoms with Crippen LogP contribution in [0.1, 0.15) is 63.4 Å².